The highest BCUT2D eigenvalue weighted by atomic mass is 127. The molecule has 0 unspecified atom stereocenters. The van der Waals surface area contributed by atoms with E-state index in [9.17, 15) is 9.59 Å². The zero-order valence-electron chi connectivity index (χ0n) is 15.0. The van der Waals surface area contributed by atoms with E-state index in [2.05, 4.69) is 27.6 Å². The number of imidazole rings is 1. The highest BCUT2D eigenvalue weighted by Crippen LogP contribution is 2.40. The van der Waals surface area contributed by atoms with Gasteiger partial charge in [0, 0.05) is 10.1 Å². The molecule has 1 saturated heterocycles. The van der Waals surface area contributed by atoms with E-state index in [-0.39, 0.29) is 11.9 Å². The van der Waals surface area contributed by atoms with Crippen LogP contribution >= 0.6 is 22.6 Å². The Morgan fingerprint density at radius 2 is 2.12 bits per heavy atom. The number of benzene rings is 1. The molecule has 0 spiro atoms. The van der Waals surface area contributed by atoms with Crippen molar-refractivity contribution >= 4 is 34.5 Å². The number of esters is 1. The SMILES string of the molecule is CC(C)(C)OC(=O)c1ncn2c1[C@H]1CCCN1C(=O)c1c(I)cccc1-2. The number of halogens is 1. The summed E-state index contributed by atoms with van der Waals surface area (Å²) >= 11 is 2.19. The molecule has 6 nitrogen and oxygen atoms in total. The smallest absolute Gasteiger partial charge is 0.359 e. The second kappa shape index (κ2) is 6.07. The lowest BCUT2D eigenvalue weighted by molar-refractivity contribution is 0.00596. The minimum atomic E-state index is -0.600. The van der Waals surface area contributed by atoms with E-state index in [1.807, 2.05) is 48.4 Å². The van der Waals surface area contributed by atoms with Crippen LogP contribution in [0.3, 0.4) is 0 Å². The van der Waals surface area contributed by atoms with Crippen molar-refractivity contribution in [3.63, 3.8) is 0 Å². The minimum Gasteiger partial charge on any atom is -0.455 e. The zero-order chi connectivity index (χ0) is 18.6. The summed E-state index contributed by atoms with van der Waals surface area (Å²) < 4.78 is 8.35. The first-order chi connectivity index (χ1) is 12.3. The summed E-state index contributed by atoms with van der Waals surface area (Å²) in [7, 11) is 0. The number of hydrogen-bond acceptors (Lipinski definition) is 4. The molecule has 4 rings (SSSR count). The summed E-state index contributed by atoms with van der Waals surface area (Å²) in [6, 6.07) is 5.60. The lowest BCUT2D eigenvalue weighted by Gasteiger charge is -2.24. The van der Waals surface area contributed by atoms with Crippen LogP contribution in [0.1, 0.15) is 66.2 Å². The fourth-order valence-corrected chi connectivity index (χ4v) is 4.43. The fourth-order valence-electron chi connectivity index (χ4n) is 3.71. The van der Waals surface area contributed by atoms with Crippen LogP contribution in [0.4, 0.5) is 0 Å². The van der Waals surface area contributed by atoms with Gasteiger partial charge < -0.3 is 9.64 Å². The van der Waals surface area contributed by atoms with Crippen LogP contribution in [0.2, 0.25) is 0 Å². The first-order valence-corrected chi connectivity index (χ1v) is 9.76. The third-order valence-electron chi connectivity index (χ3n) is 4.69. The fraction of sp³-hybridized carbons (Fsp3) is 0.421. The molecule has 2 aromatic rings. The van der Waals surface area contributed by atoms with Gasteiger partial charge in [-0.25, -0.2) is 9.78 Å². The van der Waals surface area contributed by atoms with Crippen molar-refractivity contribution in [2.45, 2.75) is 45.3 Å². The molecule has 1 amide bonds. The third-order valence-corrected chi connectivity index (χ3v) is 5.59. The lowest BCUT2D eigenvalue weighted by Crippen LogP contribution is -2.31. The predicted molar refractivity (Wildman–Crippen MR) is 104 cm³/mol. The Labute approximate surface area is 165 Å². The van der Waals surface area contributed by atoms with Gasteiger partial charge in [0.2, 0.25) is 0 Å². The van der Waals surface area contributed by atoms with Gasteiger partial charge >= 0.3 is 5.97 Å². The van der Waals surface area contributed by atoms with Crippen LogP contribution in [0.5, 0.6) is 0 Å². The number of aromatic nitrogens is 2. The maximum Gasteiger partial charge on any atom is 0.359 e. The first kappa shape index (κ1) is 17.5. The van der Waals surface area contributed by atoms with Crippen LogP contribution in [-0.4, -0.2) is 38.5 Å². The maximum absolute atomic E-state index is 13.2. The van der Waals surface area contributed by atoms with E-state index in [0.29, 0.717) is 17.8 Å². The summed E-state index contributed by atoms with van der Waals surface area (Å²) in [5.74, 6) is -0.425. The molecule has 1 atom stereocenters. The quantitative estimate of drug-likeness (QED) is 0.476. The van der Waals surface area contributed by atoms with Crippen molar-refractivity contribution in [3.8, 4) is 5.69 Å². The van der Waals surface area contributed by atoms with Gasteiger partial charge in [-0.3, -0.25) is 9.36 Å². The zero-order valence-corrected chi connectivity index (χ0v) is 17.1. The normalized spacial score (nSPS) is 18.8. The Balaban J connectivity index is 1.93. The van der Waals surface area contributed by atoms with Crippen LogP contribution in [0.15, 0.2) is 24.5 Å². The Morgan fingerprint density at radius 3 is 2.85 bits per heavy atom. The average Bonchev–Trinajstić information content (AvgIpc) is 3.17. The van der Waals surface area contributed by atoms with Gasteiger partial charge in [0.05, 0.1) is 23.0 Å². The molecule has 0 N–H and O–H groups in total. The van der Waals surface area contributed by atoms with Crippen molar-refractivity contribution in [1.82, 2.24) is 14.5 Å². The lowest BCUT2D eigenvalue weighted by atomic mass is 10.1. The summed E-state index contributed by atoms with van der Waals surface area (Å²) in [5.41, 5.74) is 1.90. The van der Waals surface area contributed by atoms with Crippen LogP contribution in [0.25, 0.3) is 5.69 Å². The van der Waals surface area contributed by atoms with E-state index in [1.54, 1.807) is 6.33 Å². The molecule has 26 heavy (non-hydrogen) atoms. The number of nitrogens with zero attached hydrogens (tertiary/aromatic N) is 3. The molecule has 7 heteroatoms. The topological polar surface area (TPSA) is 64.4 Å². The van der Waals surface area contributed by atoms with Gasteiger partial charge in [-0.2, -0.15) is 0 Å². The van der Waals surface area contributed by atoms with E-state index >= 15 is 0 Å². The second-order valence-corrected chi connectivity index (χ2v) is 8.80. The summed E-state index contributed by atoms with van der Waals surface area (Å²) in [6.07, 6.45) is 3.37. The van der Waals surface area contributed by atoms with E-state index in [4.69, 9.17) is 4.74 Å². The summed E-state index contributed by atoms with van der Waals surface area (Å²) in [6.45, 7) is 6.20. The number of carbonyl (C=O) groups excluding carboxylic acids is 2. The molecular formula is C19H20IN3O3. The van der Waals surface area contributed by atoms with Gasteiger partial charge in [-0.05, 0) is 68.3 Å². The molecule has 1 fully saturated rings. The maximum atomic E-state index is 13.2. The van der Waals surface area contributed by atoms with Crippen molar-refractivity contribution in [2.75, 3.05) is 6.54 Å². The molecule has 0 bridgehead atoms. The number of amides is 1. The van der Waals surface area contributed by atoms with Crippen molar-refractivity contribution in [2.24, 2.45) is 0 Å². The van der Waals surface area contributed by atoms with E-state index < -0.39 is 11.6 Å². The molecular weight excluding hydrogens is 445 g/mol. The standard InChI is InChI=1S/C19H20IN3O3/c1-19(2,3)26-18(25)15-16-13-8-5-9-22(13)17(24)14-11(20)6-4-7-12(14)23(16)10-21-15/h4,6-7,10,13H,5,8-9H2,1-3H3/t13-/m1/s1. The Bertz CT molecular complexity index is 913. The van der Waals surface area contributed by atoms with Gasteiger partial charge in [0.25, 0.3) is 5.91 Å². The Hall–Kier alpha value is -1.90. The molecule has 0 radical (unpaired) electrons. The molecule has 2 aliphatic rings. The molecule has 0 aliphatic carbocycles. The highest BCUT2D eigenvalue weighted by Gasteiger charge is 2.41. The van der Waals surface area contributed by atoms with E-state index in [0.717, 1.165) is 27.8 Å². The predicted octanol–water partition coefficient (Wildman–Crippen LogP) is 3.72. The minimum absolute atomic E-state index is 0.0198. The second-order valence-electron chi connectivity index (χ2n) is 7.64. The Morgan fingerprint density at radius 1 is 1.35 bits per heavy atom. The number of rotatable bonds is 1. The third kappa shape index (κ3) is 2.72. The first-order valence-electron chi connectivity index (χ1n) is 8.68. The van der Waals surface area contributed by atoms with Gasteiger partial charge in [0.15, 0.2) is 5.69 Å². The number of ether oxygens (including phenoxy) is 1. The van der Waals surface area contributed by atoms with Crippen molar-refractivity contribution in [1.29, 1.82) is 0 Å². The van der Waals surface area contributed by atoms with Crippen LogP contribution in [-0.2, 0) is 4.74 Å². The highest BCUT2D eigenvalue weighted by molar-refractivity contribution is 14.1. The monoisotopic (exact) mass is 465 g/mol. The molecule has 3 heterocycles. The molecule has 2 aliphatic heterocycles. The number of fused-ring (bicyclic) bond motifs is 5. The van der Waals surface area contributed by atoms with Gasteiger partial charge in [-0.15, -0.1) is 0 Å². The Kier molecular flexibility index (Phi) is 4.09. The average molecular weight is 465 g/mol. The molecule has 1 aromatic carbocycles. The summed E-state index contributed by atoms with van der Waals surface area (Å²) in [4.78, 5) is 32.2. The van der Waals surface area contributed by atoms with Gasteiger partial charge in [-0.1, -0.05) is 6.07 Å². The molecule has 136 valence electrons. The number of hydrogen-bond donors (Lipinski definition) is 0. The largest absolute Gasteiger partial charge is 0.455 e. The molecule has 1 aromatic heterocycles. The van der Waals surface area contributed by atoms with E-state index in [1.165, 1.54) is 0 Å². The van der Waals surface area contributed by atoms with Gasteiger partial charge in [0.1, 0.15) is 11.9 Å². The van der Waals surface area contributed by atoms with Crippen LogP contribution < -0.4 is 0 Å². The van der Waals surface area contributed by atoms with Crippen molar-refractivity contribution in [3.05, 3.63) is 45.0 Å². The molecule has 0 saturated carbocycles. The van der Waals surface area contributed by atoms with Crippen molar-refractivity contribution < 1.29 is 14.3 Å². The number of carbonyl (C=O) groups is 2. The van der Waals surface area contributed by atoms with Crippen LogP contribution in [0, 0.1) is 3.57 Å². The summed E-state index contributed by atoms with van der Waals surface area (Å²) in [5, 5.41) is 0.